The van der Waals surface area contributed by atoms with Crippen LogP contribution in [0.5, 0.6) is 0 Å². The van der Waals surface area contributed by atoms with Gasteiger partial charge in [-0.2, -0.15) is 0 Å². The third-order valence-corrected chi connectivity index (χ3v) is 7.14. The van der Waals surface area contributed by atoms with Gasteiger partial charge in [0.25, 0.3) is 0 Å². The van der Waals surface area contributed by atoms with Gasteiger partial charge in [-0.1, -0.05) is 48.5 Å². The molecule has 2 aromatic carbocycles. The van der Waals surface area contributed by atoms with Gasteiger partial charge in [-0.15, -0.1) is 0 Å². The first-order chi connectivity index (χ1) is 16.1. The molecule has 1 N–H and O–H groups in total. The molecule has 0 spiro atoms. The van der Waals surface area contributed by atoms with Crippen molar-refractivity contribution in [1.82, 2.24) is 10.3 Å². The second kappa shape index (κ2) is 9.59. The van der Waals surface area contributed by atoms with Crippen LogP contribution in [-0.2, 0) is 6.42 Å². The first-order valence-corrected chi connectivity index (χ1v) is 12.4. The molecule has 166 valence electrons. The highest BCUT2D eigenvalue weighted by Gasteiger charge is 2.42. The van der Waals surface area contributed by atoms with Gasteiger partial charge in [0.15, 0.2) is 10.2 Å². The van der Waals surface area contributed by atoms with Crippen LogP contribution in [0.2, 0.25) is 5.02 Å². The van der Waals surface area contributed by atoms with Gasteiger partial charge in [-0.25, -0.2) is 0 Å². The van der Waals surface area contributed by atoms with Crippen LogP contribution in [0.3, 0.4) is 0 Å². The van der Waals surface area contributed by atoms with Gasteiger partial charge >= 0.3 is 0 Å². The summed E-state index contributed by atoms with van der Waals surface area (Å²) in [5, 5.41) is 5.66. The average Bonchev–Trinajstić information content (AvgIpc) is 3.45. The van der Waals surface area contributed by atoms with E-state index in [0.29, 0.717) is 10.1 Å². The molecule has 1 aliphatic heterocycles. The Morgan fingerprint density at radius 3 is 2.52 bits per heavy atom. The third-order valence-electron chi connectivity index (χ3n) is 5.65. The van der Waals surface area contributed by atoms with E-state index in [9.17, 15) is 0 Å². The number of anilines is 1. The summed E-state index contributed by atoms with van der Waals surface area (Å²) in [4.78, 5) is 7.79. The summed E-state index contributed by atoms with van der Waals surface area (Å²) in [6, 6.07) is 25.9. The van der Waals surface area contributed by atoms with Gasteiger partial charge in [0, 0.05) is 21.8 Å². The van der Waals surface area contributed by atoms with Crippen molar-refractivity contribution in [2.75, 3.05) is 4.90 Å². The number of hydrogen-bond acceptors (Lipinski definition) is 4. The number of furan rings is 1. The van der Waals surface area contributed by atoms with E-state index < -0.39 is 0 Å². The van der Waals surface area contributed by atoms with E-state index in [0.717, 1.165) is 33.6 Å². The Morgan fingerprint density at radius 2 is 1.82 bits per heavy atom. The van der Waals surface area contributed by atoms with E-state index in [1.807, 2.05) is 54.6 Å². The van der Waals surface area contributed by atoms with Crippen LogP contribution in [0.1, 0.15) is 36.0 Å². The SMILES string of the molecule is CCc1ccc(N2C(=S)N[C@H](c3ccccn3)[C@@H]2c2ccc(Sc3ccc(Cl)cc3)o2)cc1. The first kappa shape index (κ1) is 22.0. The minimum atomic E-state index is -0.167. The van der Waals surface area contributed by atoms with Gasteiger partial charge in [0.1, 0.15) is 11.8 Å². The molecule has 4 nitrogen and oxygen atoms in total. The molecule has 0 radical (unpaired) electrons. The Hall–Kier alpha value is -2.80. The maximum atomic E-state index is 6.36. The van der Waals surface area contributed by atoms with E-state index in [1.165, 1.54) is 5.56 Å². The summed E-state index contributed by atoms with van der Waals surface area (Å²) in [7, 11) is 0. The molecule has 3 heterocycles. The topological polar surface area (TPSA) is 41.3 Å². The highest BCUT2D eigenvalue weighted by Crippen LogP contribution is 2.43. The standard InChI is InChI=1S/C26H22ClN3OS2/c1-2-17-6-10-19(11-7-17)30-25(24(29-26(30)32)21-5-3-4-16-28-21)22-14-15-23(31-22)33-20-12-8-18(27)9-13-20/h3-16,24-25H,2H2,1H3,(H,29,32)/t24-,25+/m1/s1. The Bertz CT molecular complexity index is 1240. The number of hydrogen-bond donors (Lipinski definition) is 1. The molecule has 0 amide bonds. The number of pyridine rings is 1. The minimum Gasteiger partial charge on any atom is -0.452 e. The molecular weight excluding hydrogens is 470 g/mol. The first-order valence-electron chi connectivity index (χ1n) is 10.7. The lowest BCUT2D eigenvalue weighted by Gasteiger charge is -2.26. The Morgan fingerprint density at radius 1 is 1.03 bits per heavy atom. The molecule has 0 saturated carbocycles. The van der Waals surface area contributed by atoms with Crippen molar-refractivity contribution in [2.45, 2.75) is 35.4 Å². The number of halogens is 1. The second-order valence-electron chi connectivity index (χ2n) is 7.73. The smallest absolute Gasteiger partial charge is 0.174 e. The molecule has 7 heteroatoms. The van der Waals surface area contributed by atoms with Crippen LogP contribution < -0.4 is 10.2 Å². The molecule has 0 unspecified atom stereocenters. The summed E-state index contributed by atoms with van der Waals surface area (Å²) < 4.78 is 6.36. The molecule has 0 aliphatic carbocycles. The summed E-state index contributed by atoms with van der Waals surface area (Å²) in [6.07, 6.45) is 2.80. The summed E-state index contributed by atoms with van der Waals surface area (Å²) >= 11 is 13.4. The van der Waals surface area contributed by atoms with Gasteiger partial charge in [0.2, 0.25) is 0 Å². The molecular formula is C26H22ClN3OS2. The molecule has 5 rings (SSSR count). The quantitative estimate of drug-likeness (QED) is 0.287. The minimum absolute atomic E-state index is 0.135. The van der Waals surface area contributed by atoms with E-state index >= 15 is 0 Å². The Kier molecular flexibility index (Phi) is 6.40. The third kappa shape index (κ3) is 4.64. The summed E-state index contributed by atoms with van der Waals surface area (Å²) in [5.74, 6) is 0.828. The molecule has 0 bridgehead atoms. The molecule has 2 atom stereocenters. The number of aromatic nitrogens is 1. The van der Waals surface area contributed by atoms with Crippen LogP contribution in [0, 0.1) is 0 Å². The number of nitrogens with one attached hydrogen (secondary N) is 1. The molecule has 1 aliphatic rings. The van der Waals surface area contributed by atoms with Gasteiger partial charge < -0.3 is 14.6 Å². The number of rotatable bonds is 6. The maximum Gasteiger partial charge on any atom is 0.174 e. The fourth-order valence-electron chi connectivity index (χ4n) is 3.98. The lowest BCUT2D eigenvalue weighted by atomic mass is 10.0. The normalized spacial score (nSPS) is 17.9. The van der Waals surface area contributed by atoms with Crippen LogP contribution >= 0.6 is 35.6 Å². The van der Waals surface area contributed by atoms with Crippen molar-refractivity contribution in [3.05, 3.63) is 107 Å². The van der Waals surface area contributed by atoms with E-state index in [4.69, 9.17) is 28.2 Å². The molecule has 4 aromatic rings. The fraction of sp³-hybridized carbons (Fsp3) is 0.154. The summed E-state index contributed by atoms with van der Waals surface area (Å²) in [6.45, 7) is 2.15. The predicted octanol–water partition coefficient (Wildman–Crippen LogP) is 7.22. The van der Waals surface area contributed by atoms with Gasteiger partial charge in [-0.05, 0) is 84.9 Å². The lowest BCUT2D eigenvalue weighted by Crippen LogP contribution is -2.29. The van der Waals surface area contributed by atoms with Crippen molar-refractivity contribution >= 4 is 46.4 Å². The van der Waals surface area contributed by atoms with Crippen LogP contribution in [0.4, 0.5) is 5.69 Å². The zero-order chi connectivity index (χ0) is 22.8. The Balaban J connectivity index is 1.51. The van der Waals surface area contributed by atoms with E-state index in [2.05, 4.69) is 46.4 Å². The van der Waals surface area contributed by atoms with E-state index in [1.54, 1.807) is 18.0 Å². The number of aryl methyl sites for hydroxylation is 1. The monoisotopic (exact) mass is 491 g/mol. The molecule has 2 aromatic heterocycles. The lowest BCUT2D eigenvalue weighted by molar-refractivity contribution is 0.383. The van der Waals surface area contributed by atoms with Crippen LogP contribution in [-0.4, -0.2) is 10.1 Å². The number of thiocarbonyl (C=S) groups is 1. The maximum absolute atomic E-state index is 6.36. The van der Waals surface area contributed by atoms with Crippen LogP contribution in [0.15, 0.2) is 99.5 Å². The average molecular weight is 492 g/mol. The highest BCUT2D eigenvalue weighted by atomic mass is 35.5. The zero-order valence-electron chi connectivity index (χ0n) is 17.9. The van der Waals surface area contributed by atoms with Gasteiger partial charge in [0.05, 0.1) is 11.7 Å². The van der Waals surface area contributed by atoms with Gasteiger partial charge in [-0.3, -0.25) is 4.98 Å². The van der Waals surface area contributed by atoms with Crippen molar-refractivity contribution in [2.24, 2.45) is 0 Å². The zero-order valence-corrected chi connectivity index (χ0v) is 20.3. The van der Waals surface area contributed by atoms with Crippen LogP contribution in [0.25, 0.3) is 0 Å². The fourth-order valence-corrected chi connectivity index (χ4v) is 5.23. The van der Waals surface area contributed by atoms with Crippen molar-refractivity contribution in [3.63, 3.8) is 0 Å². The van der Waals surface area contributed by atoms with Crippen molar-refractivity contribution in [3.8, 4) is 0 Å². The number of benzene rings is 2. The number of nitrogens with zero attached hydrogens (tertiary/aromatic N) is 2. The van der Waals surface area contributed by atoms with Crippen molar-refractivity contribution in [1.29, 1.82) is 0 Å². The van der Waals surface area contributed by atoms with E-state index in [-0.39, 0.29) is 12.1 Å². The second-order valence-corrected chi connectivity index (χ2v) is 9.63. The highest BCUT2D eigenvalue weighted by molar-refractivity contribution is 7.99. The molecule has 33 heavy (non-hydrogen) atoms. The molecule has 1 fully saturated rings. The predicted molar refractivity (Wildman–Crippen MR) is 138 cm³/mol. The molecule has 1 saturated heterocycles. The largest absolute Gasteiger partial charge is 0.452 e. The van der Waals surface area contributed by atoms with Crippen molar-refractivity contribution < 1.29 is 4.42 Å². The summed E-state index contributed by atoms with van der Waals surface area (Å²) in [5.41, 5.74) is 3.23. The Labute approximate surface area is 208 Å².